The first kappa shape index (κ1) is 22.5. The first-order valence-electron chi connectivity index (χ1n) is 10.7. The minimum atomic E-state index is -4.20. The number of nitrogens with two attached hydrogens (primary N) is 1. The second-order valence-corrected chi connectivity index (χ2v) is 9.38. The number of carbonyl (C=O) groups is 1. The summed E-state index contributed by atoms with van der Waals surface area (Å²) in [6.07, 6.45) is 3.17. The average Bonchev–Trinajstić information content (AvgIpc) is 3.46. The van der Waals surface area contributed by atoms with E-state index in [-0.39, 0.29) is 23.1 Å². The summed E-state index contributed by atoms with van der Waals surface area (Å²) in [4.78, 5) is 12.4. The number of sulfonamides is 1. The number of furan rings is 1. The summed E-state index contributed by atoms with van der Waals surface area (Å²) in [5.74, 6) is 0.844. The van der Waals surface area contributed by atoms with Crippen LogP contribution in [-0.2, 0) is 21.4 Å². The largest absolute Gasteiger partial charge is 0.467 e. The van der Waals surface area contributed by atoms with Gasteiger partial charge in [0.2, 0.25) is 10.0 Å². The van der Waals surface area contributed by atoms with Gasteiger partial charge >= 0.3 is 0 Å². The van der Waals surface area contributed by atoms with Crippen LogP contribution in [0.1, 0.15) is 16.9 Å². The van der Waals surface area contributed by atoms with E-state index >= 15 is 0 Å². The molecule has 1 amide bonds. The van der Waals surface area contributed by atoms with Gasteiger partial charge in [-0.25, -0.2) is 13.6 Å². The predicted octanol–water partition coefficient (Wildman–Crippen LogP) is 4.82. The van der Waals surface area contributed by atoms with Gasteiger partial charge in [0.25, 0.3) is 5.91 Å². The third-order valence-corrected chi connectivity index (χ3v) is 6.32. The van der Waals surface area contributed by atoms with Crippen LogP contribution in [0.25, 0.3) is 11.6 Å². The molecule has 1 aliphatic heterocycles. The first-order chi connectivity index (χ1) is 16.9. The number of primary sulfonamides is 1. The van der Waals surface area contributed by atoms with Crippen LogP contribution < -0.4 is 20.5 Å². The molecule has 0 radical (unpaired) electrons. The lowest BCUT2D eigenvalue weighted by Gasteiger charge is -2.17. The number of hydrogen-bond donors (Lipinski definition) is 3. The summed E-state index contributed by atoms with van der Waals surface area (Å²) in [6.45, 7) is 0.269. The fraction of sp³-hybridized carbons (Fsp3) is 0.0385. The molecular formula is C26H21N3O5S. The molecule has 176 valence electrons. The van der Waals surface area contributed by atoms with E-state index in [9.17, 15) is 13.2 Å². The molecule has 0 saturated carbocycles. The van der Waals surface area contributed by atoms with E-state index in [1.807, 2.05) is 24.3 Å². The minimum Gasteiger partial charge on any atom is -0.467 e. The molecule has 4 aromatic rings. The van der Waals surface area contributed by atoms with Crippen molar-refractivity contribution in [3.8, 4) is 11.5 Å². The Morgan fingerprint density at radius 3 is 2.51 bits per heavy atom. The number of anilines is 2. The summed E-state index contributed by atoms with van der Waals surface area (Å²) >= 11 is 0. The Morgan fingerprint density at radius 1 is 1.00 bits per heavy atom. The Bertz CT molecular complexity index is 1530. The van der Waals surface area contributed by atoms with E-state index in [4.69, 9.17) is 14.3 Å². The van der Waals surface area contributed by atoms with Crippen LogP contribution in [0, 0.1) is 0 Å². The van der Waals surface area contributed by atoms with Crippen molar-refractivity contribution in [1.29, 1.82) is 0 Å². The Hall–Kier alpha value is -4.34. The molecule has 35 heavy (non-hydrogen) atoms. The van der Waals surface area contributed by atoms with Gasteiger partial charge in [-0.3, -0.25) is 4.79 Å². The van der Waals surface area contributed by atoms with E-state index in [0.717, 1.165) is 5.56 Å². The van der Waals surface area contributed by atoms with Crippen LogP contribution in [0.15, 0.2) is 94.4 Å². The number of ether oxygens (including phenoxy) is 1. The highest BCUT2D eigenvalue weighted by molar-refractivity contribution is 7.89. The van der Waals surface area contributed by atoms with Gasteiger partial charge in [0, 0.05) is 16.8 Å². The number of amides is 1. The van der Waals surface area contributed by atoms with E-state index in [1.165, 1.54) is 6.07 Å². The number of fused-ring (bicyclic) bond motifs is 1. The van der Waals surface area contributed by atoms with Gasteiger partial charge in [0.15, 0.2) is 5.75 Å². The summed E-state index contributed by atoms with van der Waals surface area (Å²) in [7, 11) is -4.20. The molecule has 0 unspecified atom stereocenters. The molecule has 0 bridgehead atoms. The molecule has 0 fully saturated rings. The molecular weight excluding hydrogens is 466 g/mol. The van der Waals surface area contributed by atoms with Crippen LogP contribution >= 0.6 is 0 Å². The fourth-order valence-electron chi connectivity index (χ4n) is 3.81. The van der Waals surface area contributed by atoms with Crippen molar-refractivity contribution in [2.24, 2.45) is 5.14 Å². The lowest BCUT2D eigenvalue weighted by molar-refractivity contribution is -0.110. The molecule has 0 spiro atoms. The Morgan fingerprint density at radius 2 is 1.77 bits per heavy atom. The van der Waals surface area contributed by atoms with Gasteiger partial charge < -0.3 is 19.8 Å². The molecule has 9 heteroatoms. The molecule has 3 aromatic carbocycles. The SMILES string of the molecule is NS(=O)(=O)c1cc(C=C2C(=O)Nc3ccccc32)cc(NCc2ccco2)c1Oc1ccccc1. The fourth-order valence-corrected chi connectivity index (χ4v) is 4.52. The quantitative estimate of drug-likeness (QED) is 0.321. The van der Waals surface area contributed by atoms with E-state index in [0.29, 0.717) is 34.0 Å². The molecule has 5 rings (SSSR count). The molecule has 1 aromatic heterocycles. The summed E-state index contributed by atoms with van der Waals surface area (Å²) in [5.41, 5.74) is 2.66. The molecule has 4 N–H and O–H groups in total. The van der Waals surface area contributed by atoms with Crippen molar-refractivity contribution in [3.63, 3.8) is 0 Å². The molecule has 0 aliphatic carbocycles. The van der Waals surface area contributed by atoms with Crippen LogP contribution in [0.4, 0.5) is 11.4 Å². The Labute approximate surface area is 202 Å². The zero-order valence-electron chi connectivity index (χ0n) is 18.4. The van der Waals surface area contributed by atoms with Gasteiger partial charge in [-0.15, -0.1) is 0 Å². The van der Waals surface area contributed by atoms with Crippen molar-refractivity contribution in [3.05, 3.63) is 102 Å². The zero-order chi connectivity index (χ0) is 24.4. The topological polar surface area (TPSA) is 124 Å². The van der Waals surface area contributed by atoms with E-state index in [2.05, 4.69) is 10.6 Å². The van der Waals surface area contributed by atoms with E-state index < -0.39 is 10.0 Å². The van der Waals surface area contributed by atoms with Gasteiger partial charge in [-0.2, -0.15) is 0 Å². The van der Waals surface area contributed by atoms with E-state index in [1.54, 1.807) is 60.9 Å². The van der Waals surface area contributed by atoms with Crippen molar-refractivity contribution in [1.82, 2.24) is 0 Å². The van der Waals surface area contributed by atoms with Gasteiger partial charge in [0.1, 0.15) is 16.4 Å². The average molecular weight is 488 g/mol. The van der Waals surface area contributed by atoms with Crippen LogP contribution in [-0.4, -0.2) is 14.3 Å². The second-order valence-electron chi connectivity index (χ2n) is 7.85. The lowest BCUT2D eigenvalue weighted by atomic mass is 10.0. The zero-order valence-corrected chi connectivity index (χ0v) is 19.2. The molecule has 8 nitrogen and oxygen atoms in total. The summed E-state index contributed by atoms with van der Waals surface area (Å²) < 4.78 is 36.6. The highest BCUT2D eigenvalue weighted by atomic mass is 32.2. The standard InChI is InChI=1S/C26H21N3O5S/c27-35(31,32)24-15-17(13-21-20-10-4-5-11-22(20)29-26(21)30)14-23(28-16-19-9-6-12-33-19)25(24)34-18-7-2-1-3-8-18/h1-15,28H,16H2,(H,29,30)(H2,27,31,32). The maximum Gasteiger partial charge on any atom is 0.256 e. The summed E-state index contributed by atoms with van der Waals surface area (Å²) in [5, 5.41) is 11.6. The van der Waals surface area contributed by atoms with Gasteiger partial charge in [-0.05, 0) is 54.1 Å². The van der Waals surface area contributed by atoms with Gasteiger partial charge in [-0.1, -0.05) is 36.4 Å². The monoisotopic (exact) mass is 487 g/mol. The van der Waals surface area contributed by atoms with Crippen molar-refractivity contribution in [2.75, 3.05) is 10.6 Å². The Kier molecular flexibility index (Phi) is 5.86. The van der Waals surface area contributed by atoms with Crippen molar-refractivity contribution in [2.45, 2.75) is 11.4 Å². The number of carbonyl (C=O) groups excluding carboxylic acids is 1. The first-order valence-corrected chi connectivity index (χ1v) is 12.3. The smallest absolute Gasteiger partial charge is 0.256 e. The van der Waals surface area contributed by atoms with Crippen molar-refractivity contribution >= 4 is 39.0 Å². The number of para-hydroxylation sites is 2. The number of hydrogen-bond acceptors (Lipinski definition) is 6. The maximum atomic E-state index is 12.6. The Balaban J connectivity index is 1.64. The van der Waals surface area contributed by atoms with Crippen LogP contribution in [0.3, 0.4) is 0 Å². The second kappa shape index (κ2) is 9.13. The molecule has 2 heterocycles. The third-order valence-electron chi connectivity index (χ3n) is 5.40. The predicted molar refractivity (Wildman–Crippen MR) is 133 cm³/mol. The highest BCUT2D eigenvalue weighted by Gasteiger charge is 2.25. The number of rotatable bonds is 7. The minimum absolute atomic E-state index is 0.0451. The third kappa shape index (κ3) is 4.81. The highest BCUT2D eigenvalue weighted by Crippen LogP contribution is 2.39. The molecule has 0 saturated heterocycles. The lowest BCUT2D eigenvalue weighted by Crippen LogP contribution is -2.15. The van der Waals surface area contributed by atoms with Gasteiger partial charge in [0.05, 0.1) is 18.5 Å². The number of benzene rings is 3. The maximum absolute atomic E-state index is 12.6. The van der Waals surface area contributed by atoms with Crippen LogP contribution in [0.2, 0.25) is 0 Å². The number of nitrogens with one attached hydrogen (secondary N) is 2. The summed E-state index contributed by atoms with van der Waals surface area (Å²) in [6, 6.07) is 22.7. The van der Waals surface area contributed by atoms with Crippen LogP contribution in [0.5, 0.6) is 11.5 Å². The molecule has 1 aliphatic rings. The van der Waals surface area contributed by atoms with Crippen molar-refractivity contribution < 1.29 is 22.4 Å². The molecule has 0 atom stereocenters. The normalized spacial score (nSPS) is 14.0.